The molecule has 0 spiro atoms. The number of hydrogen-bond donors (Lipinski definition) is 0. The minimum Gasteiger partial charge on any atom is -0.456 e. The average Bonchev–Trinajstić information content (AvgIpc) is 3.85. The molecule has 0 amide bonds. The van der Waals surface area contributed by atoms with Gasteiger partial charge >= 0.3 is 0 Å². The zero-order chi connectivity index (χ0) is 37.0. The predicted octanol–water partition coefficient (Wildman–Crippen LogP) is 13.7. The molecule has 0 aliphatic rings. The number of aromatic nitrogens is 3. The van der Waals surface area contributed by atoms with Gasteiger partial charge < -0.3 is 8.83 Å². The van der Waals surface area contributed by atoms with Crippen molar-refractivity contribution in [3.63, 3.8) is 0 Å². The second-order valence-corrected chi connectivity index (χ2v) is 14.0. The van der Waals surface area contributed by atoms with Crippen molar-refractivity contribution in [3.8, 4) is 67.5 Å². The van der Waals surface area contributed by atoms with Gasteiger partial charge in [0.15, 0.2) is 17.5 Å². The maximum atomic E-state index is 6.19. The Kier molecular flexibility index (Phi) is 7.42. The number of fused-ring (bicyclic) bond motifs is 6. The monoisotopic (exact) mass is 717 g/mol. The highest BCUT2D eigenvalue weighted by atomic mass is 16.3. The minimum absolute atomic E-state index is 0.602. The molecule has 0 saturated carbocycles. The molecular formula is C51H31N3O2. The van der Waals surface area contributed by atoms with Crippen LogP contribution < -0.4 is 0 Å². The van der Waals surface area contributed by atoms with E-state index in [1.54, 1.807) is 0 Å². The van der Waals surface area contributed by atoms with E-state index in [2.05, 4.69) is 140 Å². The van der Waals surface area contributed by atoms with Crippen LogP contribution in [-0.4, -0.2) is 15.0 Å². The van der Waals surface area contributed by atoms with Gasteiger partial charge in [-0.2, -0.15) is 0 Å². The van der Waals surface area contributed by atoms with Gasteiger partial charge in [-0.15, -0.1) is 0 Å². The van der Waals surface area contributed by atoms with Crippen molar-refractivity contribution in [2.45, 2.75) is 0 Å². The first kappa shape index (κ1) is 31.9. The standard InChI is InChI=1S/C51H31N3O2/c1-2-11-32(12-3-1)35-13-8-15-38(29-35)50-52-49(34-25-23-33(24-26-34)40-19-10-22-47-48(40)42-18-5-7-21-45(42)56-47)53-51(54-50)39-16-9-14-36(30-39)37-27-28-46-43(31-37)41-17-4-6-20-44(41)55-46/h1-31H. The fourth-order valence-corrected chi connectivity index (χ4v) is 7.79. The maximum Gasteiger partial charge on any atom is 0.164 e. The zero-order valence-electron chi connectivity index (χ0n) is 30.1. The molecule has 5 nitrogen and oxygen atoms in total. The minimum atomic E-state index is 0.602. The predicted molar refractivity (Wildman–Crippen MR) is 227 cm³/mol. The first-order chi connectivity index (χ1) is 27.7. The van der Waals surface area contributed by atoms with Gasteiger partial charge in [-0.3, -0.25) is 0 Å². The van der Waals surface area contributed by atoms with Crippen LogP contribution in [0.5, 0.6) is 0 Å². The van der Waals surface area contributed by atoms with E-state index in [1.165, 1.54) is 0 Å². The van der Waals surface area contributed by atoms with E-state index >= 15 is 0 Å². The van der Waals surface area contributed by atoms with Gasteiger partial charge in [-0.25, -0.2) is 15.0 Å². The van der Waals surface area contributed by atoms with Crippen LogP contribution in [0.2, 0.25) is 0 Å². The van der Waals surface area contributed by atoms with Gasteiger partial charge in [0, 0.05) is 38.2 Å². The number of para-hydroxylation sites is 2. The molecule has 0 fully saturated rings. The summed E-state index contributed by atoms with van der Waals surface area (Å²) in [5, 5.41) is 4.41. The smallest absolute Gasteiger partial charge is 0.164 e. The van der Waals surface area contributed by atoms with Gasteiger partial charge in [-0.05, 0) is 75.8 Å². The van der Waals surface area contributed by atoms with Crippen LogP contribution in [0.15, 0.2) is 197 Å². The lowest BCUT2D eigenvalue weighted by molar-refractivity contribution is 0.668. The van der Waals surface area contributed by atoms with E-state index in [4.69, 9.17) is 23.8 Å². The van der Waals surface area contributed by atoms with Gasteiger partial charge in [0.2, 0.25) is 0 Å². The second-order valence-electron chi connectivity index (χ2n) is 14.0. The molecule has 8 aromatic carbocycles. The summed E-state index contributed by atoms with van der Waals surface area (Å²) >= 11 is 0. The quantitative estimate of drug-likeness (QED) is 0.171. The van der Waals surface area contributed by atoms with Crippen molar-refractivity contribution in [2.24, 2.45) is 0 Å². The lowest BCUT2D eigenvalue weighted by Gasteiger charge is -2.11. The van der Waals surface area contributed by atoms with Crippen LogP contribution >= 0.6 is 0 Å². The highest BCUT2D eigenvalue weighted by Crippen LogP contribution is 2.38. The third-order valence-corrected chi connectivity index (χ3v) is 10.6. The summed E-state index contributed by atoms with van der Waals surface area (Å²) in [6.45, 7) is 0. The summed E-state index contributed by atoms with van der Waals surface area (Å²) in [5.41, 5.74) is 12.8. The molecule has 0 bridgehead atoms. The van der Waals surface area contributed by atoms with E-state index in [0.717, 1.165) is 93.9 Å². The van der Waals surface area contributed by atoms with E-state index < -0.39 is 0 Å². The number of benzene rings is 8. The second kappa shape index (κ2) is 13.0. The van der Waals surface area contributed by atoms with Gasteiger partial charge in [0.25, 0.3) is 0 Å². The van der Waals surface area contributed by atoms with Crippen LogP contribution in [0.1, 0.15) is 0 Å². The molecule has 3 aromatic heterocycles. The molecule has 0 N–H and O–H groups in total. The molecular weight excluding hydrogens is 687 g/mol. The third kappa shape index (κ3) is 5.53. The van der Waals surface area contributed by atoms with Gasteiger partial charge in [0.05, 0.1) is 0 Å². The Hall–Kier alpha value is -7.63. The highest BCUT2D eigenvalue weighted by molar-refractivity contribution is 6.12. The van der Waals surface area contributed by atoms with Crippen molar-refractivity contribution >= 4 is 43.9 Å². The molecule has 5 heteroatoms. The summed E-state index contributed by atoms with van der Waals surface area (Å²) in [4.78, 5) is 15.4. The summed E-state index contributed by atoms with van der Waals surface area (Å²) in [6, 6.07) is 64.6. The normalized spacial score (nSPS) is 11.6. The van der Waals surface area contributed by atoms with Gasteiger partial charge in [0.1, 0.15) is 22.3 Å². The van der Waals surface area contributed by atoms with E-state index in [9.17, 15) is 0 Å². The van der Waals surface area contributed by atoms with Crippen LogP contribution in [0, 0.1) is 0 Å². The SMILES string of the molecule is c1ccc(-c2cccc(-c3nc(-c4ccc(-c5cccc6oc7ccccc7c56)cc4)nc(-c4cccc(-c5ccc6oc7ccccc7c6c5)c4)n3)c2)cc1. The molecule has 11 rings (SSSR count). The van der Waals surface area contributed by atoms with Gasteiger partial charge in [-0.1, -0.05) is 146 Å². The van der Waals surface area contributed by atoms with Crippen molar-refractivity contribution in [2.75, 3.05) is 0 Å². The third-order valence-electron chi connectivity index (χ3n) is 10.6. The van der Waals surface area contributed by atoms with Crippen molar-refractivity contribution in [1.82, 2.24) is 15.0 Å². The molecule has 262 valence electrons. The van der Waals surface area contributed by atoms with Crippen LogP contribution in [0.25, 0.3) is 111 Å². The molecule has 0 aliphatic heterocycles. The Morgan fingerprint density at radius 1 is 0.268 bits per heavy atom. The van der Waals surface area contributed by atoms with Crippen LogP contribution in [0.3, 0.4) is 0 Å². The summed E-state index contributed by atoms with van der Waals surface area (Å²) in [6.07, 6.45) is 0. The fraction of sp³-hybridized carbons (Fsp3) is 0. The molecule has 0 radical (unpaired) electrons. The molecule has 0 atom stereocenters. The lowest BCUT2D eigenvalue weighted by Crippen LogP contribution is -2.00. The number of furan rings is 2. The Morgan fingerprint density at radius 3 is 1.46 bits per heavy atom. The lowest BCUT2D eigenvalue weighted by atomic mass is 9.98. The first-order valence-corrected chi connectivity index (χ1v) is 18.7. The number of rotatable bonds is 6. The van der Waals surface area contributed by atoms with Crippen LogP contribution in [-0.2, 0) is 0 Å². The Morgan fingerprint density at radius 2 is 0.732 bits per heavy atom. The van der Waals surface area contributed by atoms with E-state index in [0.29, 0.717) is 17.5 Å². The largest absolute Gasteiger partial charge is 0.456 e. The van der Waals surface area contributed by atoms with E-state index in [1.807, 2.05) is 48.5 Å². The summed E-state index contributed by atoms with van der Waals surface area (Å²) in [5.74, 6) is 1.81. The Labute approximate surface area is 322 Å². The van der Waals surface area contributed by atoms with Crippen LogP contribution in [0.4, 0.5) is 0 Å². The maximum absolute atomic E-state index is 6.19. The topological polar surface area (TPSA) is 65.0 Å². The molecule has 0 aliphatic carbocycles. The average molecular weight is 718 g/mol. The Balaban J connectivity index is 1.03. The Bertz CT molecular complexity index is 3250. The highest BCUT2D eigenvalue weighted by Gasteiger charge is 2.16. The summed E-state index contributed by atoms with van der Waals surface area (Å²) in [7, 11) is 0. The molecule has 0 unspecified atom stereocenters. The molecule has 3 heterocycles. The van der Waals surface area contributed by atoms with Crippen molar-refractivity contribution in [3.05, 3.63) is 188 Å². The van der Waals surface area contributed by atoms with Crippen molar-refractivity contribution in [1.29, 1.82) is 0 Å². The first-order valence-electron chi connectivity index (χ1n) is 18.7. The van der Waals surface area contributed by atoms with Crippen molar-refractivity contribution < 1.29 is 8.83 Å². The van der Waals surface area contributed by atoms with E-state index in [-0.39, 0.29) is 0 Å². The molecule has 11 aromatic rings. The molecule has 0 saturated heterocycles. The number of hydrogen-bond acceptors (Lipinski definition) is 5. The number of nitrogens with zero attached hydrogens (tertiary/aromatic N) is 3. The zero-order valence-corrected chi connectivity index (χ0v) is 30.1. The molecule has 56 heavy (non-hydrogen) atoms. The summed E-state index contributed by atoms with van der Waals surface area (Å²) < 4.78 is 12.3. The fourth-order valence-electron chi connectivity index (χ4n) is 7.79.